The second-order valence-electron chi connectivity index (χ2n) is 4.99. The summed E-state index contributed by atoms with van der Waals surface area (Å²) in [6.07, 6.45) is 0. The number of anilines is 1. The highest BCUT2D eigenvalue weighted by atomic mass is 16.1. The normalized spacial score (nSPS) is 11.0. The molecule has 1 radical (unpaired) electrons. The van der Waals surface area contributed by atoms with E-state index in [4.69, 9.17) is 5.73 Å². The highest BCUT2D eigenvalue weighted by molar-refractivity contribution is 6.09. The molecule has 0 aliphatic heterocycles. The van der Waals surface area contributed by atoms with Gasteiger partial charge in [-0.2, -0.15) is 0 Å². The number of nitrogens with zero attached hydrogens (tertiary/aromatic N) is 1. The van der Waals surface area contributed by atoms with Crippen LogP contribution in [0.5, 0.6) is 0 Å². The summed E-state index contributed by atoms with van der Waals surface area (Å²) in [6.45, 7) is 8.26. The Morgan fingerprint density at radius 2 is 1.76 bits per heavy atom. The van der Waals surface area contributed by atoms with Gasteiger partial charge in [0, 0.05) is 29.7 Å². The molecule has 0 bridgehead atoms. The Morgan fingerprint density at radius 1 is 1.10 bits per heavy atom. The fourth-order valence-electron chi connectivity index (χ4n) is 2.54. The Balaban J connectivity index is 2.21. The maximum absolute atomic E-state index is 11.4. The minimum absolute atomic E-state index is 0.458. The second kappa shape index (κ2) is 7.09. The van der Waals surface area contributed by atoms with E-state index in [1.54, 1.807) is 6.07 Å². The van der Waals surface area contributed by atoms with Crippen molar-refractivity contribution in [2.75, 3.05) is 31.5 Å². The number of amides is 1. The Kier molecular flexibility index (Phi) is 5.17. The van der Waals surface area contributed by atoms with Crippen LogP contribution in [-0.2, 0) is 0 Å². The lowest BCUT2D eigenvalue weighted by Crippen LogP contribution is -2.28. The SMILES string of the molecule is CCN(CC)CCNc1ccc(C([NH])=O)c2ccccc12. The summed E-state index contributed by atoms with van der Waals surface area (Å²) in [4.78, 5) is 13.7. The molecule has 0 saturated carbocycles. The van der Waals surface area contributed by atoms with Gasteiger partial charge in [-0.3, -0.25) is 10.5 Å². The molecule has 2 aromatic rings. The quantitative estimate of drug-likeness (QED) is 0.850. The molecule has 111 valence electrons. The largest absolute Gasteiger partial charge is 0.383 e. The predicted molar refractivity (Wildman–Crippen MR) is 87.7 cm³/mol. The molecule has 4 nitrogen and oxygen atoms in total. The summed E-state index contributed by atoms with van der Waals surface area (Å²) in [5.41, 5.74) is 8.82. The number of hydrogen-bond acceptors (Lipinski definition) is 3. The molecule has 0 heterocycles. The van der Waals surface area contributed by atoms with E-state index in [2.05, 4.69) is 24.1 Å². The lowest BCUT2D eigenvalue weighted by atomic mass is 10.0. The summed E-state index contributed by atoms with van der Waals surface area (Å²) in [5.74, 6) is -0.638. The summed E-state index contributed by atoms with van der Waals surface area (Å²) in [7, 11) is 0. The molecule has 0 saturated heterocycles. The van der Waals surface area contributed by atoms with Gasteiger partial charge in [-0.1, -0.05) is 38.1 Å². The molecule has 2 rings (SSSR count). The minimum Gasteiger partial charge on any atom is -0.383 e. The van der Waals surface area contributed by atoms with Crippen molar-refractivity contribution in [2.45, 2.75) is 13.8 Å². The second-order valence-corrected chi connectivity index (χ2v) is 4.99. The molecule has 1 amide bonds. The standard InChI is InChI=1S/C17H22N3O/c1-3-20(4-2)12-11-19-16-10-9-15(17(18)21)13-7-5-6-8-14(13)16/h5-10,18-19H,3-4,11-12H2,1-2H3. The van der Waals surface area contributed by atoms with Crippen LogP contribution in [0, 0.1) is 0 Å². The maximum Gasteiger partial charge on any atom is 0.270 e. The molecule has 0 aliphatic carbocycles. The molecule has 4 heteroatoms. The summed E-state index contributed by atoms with van der Waals surface area (Å²) in [6, 6.07) is 11.4. The van der Waals surface area contributed by atoms with Gasteiger partial charge in [0.2, 0.25) is 0 Å². The fourth-order valence-corrected chi connectivity index (χ4v) is 2.54. The first-order chi connectivity index (χ1) is 10.2. The van der Waals surface area contributed by atoms with Crippen LogP contribution in [0.1, 0.15) is 24.2 Å². The van der Waals surface area contributed by atoms with Crippen molar-refractivity contribution < 1.29 is 4.79 Å². The molecule has 0 atom stereocenters. The van der Waals surface area contributed by atoms with E-state index in [1.807, 2.05) is 30.3 Å². The van der Waals surface area contributed by atoms with Crippen LogP contribution < -0.4 is 11.1 Å². The van der Waals surface area contributed by atoms with Crippen LogP contribution >= 0.6 is 0 Å². The lowest BCUT2D eigenvalue weighted by Gasteiger charge is -2.19. The molecular formula is C17H22N3O. The van der Waals surface area contributed by atoms with E-state index in [0.29, 0.717) is 5.56 Å². The van der Waals surface area contributed by atoms with Crippen molar-refractivity contribution in [2.24, 2.45) is 0 Å². The third-order valence-electron chi connectivity index (χ3n) is 3.81. The van der Waals surface area contributed by atoms with E-state index in [1.165, 1.54) is 0 Å². The van der Waals surface area contributed by atoms with Crippen LogP contribution in [-0.4, -0.2) is 37.0 Å². The Hall–Kier alpha value is -2.07. The molecule has 21 heavy (non-hydrogen) atoms. The first-order valence-electron chi connectivity index (χ1n) is 7.41. The Morgan fingerprint density at radius 3 is 2.38 bits per heavy atom. The number of carbonyl (C=O) groups is 1. The summed E-state index contributed by atoms with van der Waals surface area (Å²) in [5, 5.41) is 5.27. The minimum atomic E-state index is -0.638. The highest BCUT2D eigenvalue weighted by Gasteiger charge is 2.09. The van der Waals surface area contributed by atoms with E-state index in [-0.39, 0.29) is 0 Å². The zero-order chi connectivity index (χ0) is 15.2. The van der Waals surface area contributed by atoms with Gasteiger partial charge >= 0.3 is 0 Å². The van der Waals surface area contributed by atoms with Crippen molar-refractivity contribution in [3.8, 4) is 0 Å². The molecule has 0 spiro atoms. The average molecular weight is 284 g/mol. The van der Waals surface area contributed by atoms with Crippen molar-refractivity contribution in [1.82, 2.24) is 10.6 Å². The number of benzene rings is 2. The number of carbonyl (C=O) groups excluding carboxylic acids is 1. The topological polar surface area (TPSA) is 56.1 Å². The van der Waals surface area contributed by atoms with Crippen LogP contribution in [0.2, 0.25) is 0 Å². The molecule has 0 aliphatic rings. The van der Waals surface area contributed by atoms with Crippen molar-refractivity contribution in [3.63, 3.8) is 0 Å². The highest BCUT2D eigenvalue weighted by Crippen LogP contribution is 2.26. The number of likely N-dealkylation sites (N-methyl/N-ethyl adjacent to an activating group) is 1. The number of rotatable bonds is 7. The molecular weight excluding hydrogens is 262 g/mol. The van der Waals surface area contributed by atoms with Crippen molar-refractivity contribution >= 4 is 22.4 Å². The van der Waals surface area contributed by atoms with Gasteiger partial charge in [-0.25, -0.2) is 0 Å². The number of hydrogen-bond donors (Lipinski definition) is 1. The monoisotopic (exact) mass is 284 g/mol. The third-order valence-corrected chi connectivity index (χ3v) is 3.81. The predicted octanol–water partition coefficient (Wildman–Crippen LogP) is 3.02. The molecule has 0 aromatic heterocycles. The first-order valence-corrected chi connectivity index (χ1v) is 7.41. The number of nitrogens with one attached hydrogen (secondary N) is 2. The zero-order valence-corrected chi connectivity index (χ0v) is 12.6. The lowest BCUT2D eigenvalue weighted by molar-refractivity contribution is 0.0993. The van der Waals surface area contributed by atoms with Gasteiger partial charge in [-0.15, -0.1) is 0 Å². The van der Waals surface area contributed by atoms with E-state index in [0.717, 1.165) is 42.6 Å². The summed E-state index contributed by atoms with van der Waals surface area (Å²) < 4.78 is 0. The van der Waals surface area contributed by atoms with Crippen LogP contribution in [0.4, 0.5) is 5.69 Å². The van der Waals surface area contributed by atoms with E-state index in [9.17, 15) is 4.79 Å². The Labute approximate surface area is 125 Å². The summed E-state index contributed by atoms with van der Waals surface area (Å²) >= 11 is 0. The van der Waals surface area contributed by atoms with Gasteiger partial charge < -0.3 is 10.2 Å². The van der Waals surface area contributed by atoms with Crippen molar-refractivity contribution in [1.29, 1.82) is 0 Å². The van der Waals surface area contributed by atoms with Crippen LogP contribution in [0.15, 0.2) is 36.4 Å². The fraction of sp³-hybridized carbons (Fsp3) is 0.353. The third kappa shape index (κ3) is 3.52. The molecule has 2 N–H and O–H groups in total. The van der Waals surface area contributed by atoms with Gasteiger partial charge in [0.1, 0.15) is 0 Å². The molecule has 0 fully saturated rings. The first kappa shape index (κ1) is 15.3. The van der Waals surface area contributed by atoms with Gasteiger partial charge in [0.05, 0.1) is 0 Å². The number of fused-ring (bicyclic) bond motifs is 1. The zero-order valence-electron chi connectivity index (χ0n) is 12.6. The molecule has 0 unspecified atom stereocenters. The Bertz CT molecular complexity index is 620. The maximum atomic E-state index is 11.4. The average Bonchev–Trinajstić information content (AvgIpc) is 2.51. The molecule has 2 aromatic carbocycles. The van der Waals surface area contributed by atoms with Gasteiger partial charge in [0.25, 0.3) is 5.91 Å². The van der Waals surface area contributed by atoms with E-state index < -0.39 is 5.91 Å². The van der Waals surface area contributed by atoms with Crippen LogP contribution in [0.3, 0.4) is 0 Å². The van der Waals surface area contributed by atoms with Gasteiger partial charge in [-0.05, 0) is 30.6 Å². The van der Waals surface area contributed by atoms with E-state index >= 15 is 0 Å². The smallest absolute Gasteiger partial charge is 0.270 e. The van der Waals surface area contributed by atoms with Crippen molar-refractivity contribution in [3.05, 3.63) is 42.0 Å². The van der Waals surface area contributed by atoms with Gasteiger partial charge in [0.15, 0.2) is 0 Å². The van der Waals surface area contributed by atoms with Crippen LogP contribution in [0.25, 0.3) is 10.8 Å².